The molecule has 0 saturated heterocycles. The molecule has 0 unspecified atom stereocenters. The standard InChI is InChI=1S/C15H21N/c1-10(2)13-9-16-14-8-11(15(3,4)5)6-7-12(13)14/h6-10,16H,1-5H3. The predicted octanol–water partition coefficient (Wildman–Crippen LogP) is 4.59. The fourth-order valence-corrected chi connectivity index (χ4v) is 2.09. The van der Waals surface area contributed by atoms with Gasteiger partial charge in [-0.2, -0.15) is 0 Å². The van der Waals surface area contributed by atoms with Crippen LogP contribution in [0.1, 0.15) is 51.7 Å². The van der Waals surface area contributed by atoms with Crippen molar-refractivity contribution in [2.45, 2.75) is 46.0 Å². The molecule has 1 nitrogen and oxygen atoms in total. The molecule has 16 heavy (non-hydrogen) atoms. The Hall–Kier alpha value is -1.24. The number of rotatable bonds is 1. The van der Waals surface area contributed by atoms with E-state index in [1.54, 1.807) is 0 Å². The van der Waals surface area contributed by atoms with Gasteiger partial charge in [0.2, 0.25) is 0 Å². The molecule has 0 radical (unpaired) electrons. The number of aromatic nitrogens is 1. The molecule has 2 rings (SSSR count). The van der Waals surface area contributed by atoms with Gasteiger partial charge in [0, 0.05) is 17.1 Å². The van der Waals surface area contributed by atoms with Gasteiger partial charge in [-0.25, -0.2) is 0 Å². The van der Waals surface area contributed by atoms with E-state index in [1.807, 2.05) is 0 Å². The highest BCUT2D eigenvalue weighted by atomic mass is 14.7. The van der Waals surface area contributed by atoms with Crippen LogP contribution in [-0.4, -0.2) is 4.98 Å². The topological polar surface area (TPSA) is 15.8 Å². The zero-order chi connectivity index (χ0) is 11.9. The molecular formula is C15H21N. The Labute approximate surface area is 97.9 Å². The average Bonchev–Trinajstić information content (AvgIpc) is 2.58. The zero-order valence-electron chi connectivity index (χ0n) is 10.9. The lowest BCUT2D eigenvalue weighted by molar-refractivity contribution is 0.591. The Morgan fingerprint density at radius 1 is 1.12 bits per heavy atom. The summed E-state index contributed by atoms with van der Waals surface area (Å²) < 4.78 is 0. The second kappa shape index (κ2) is 3.65. The fourth-order valence-electron chi connectivity index (χ4n) is 2.09. The number of benzene rings is 1. The van der Waals surface area contributed by atoms with E-state index in [9.17, 15) is 0 Å². The Balaban J connectivity index is 2.58. The lowest BCUT2D eigenvalue weighted by Crippen LogP contribution is -2.10. The molecule has 86 valence electrons. The van der Waals surface area contributed by atoms with Crippen LogP contribution in [0.25, 0.3) is 10.9 Å². The van der Waals surface area contributed by atoms with Gasteiger partial charge in [0.05, 0.1) is 0 Å². The summed E-state index contributed by atoms with van der Waals surface area (Å²) in [6, 6.07) is 6.78. The van der Waals surface area contributed by atoms with Crippen LogP contribution in [0.15, 0.2) is 24.4 Å². The van der Waals surface area contributed by atoms with Crippen molar-refractivity contribution >= 4 is 10.9 Å². The molecule has 0 fully saturated rings. The maximum Gasteiger partial charge on any atom is 0.0459 e. The van der Waals surface area contributed by atoms with Crippen molar-refractivity contribution in [3.63, 3.8) is 0 Å². The zero-order valence-corrected chi connectivity index (χ0v) is 10.9. The molecule has 0 aliphatic rings. The van der Waals surface area contributed by atoms with E-state index in [0.717, 1.165) is 0 Å². The van der Waals surface area contributed by atoms with Crippen molar-refractivity contribution in [3.8, 4) is 0 Å². The Bertz CT molecular complexity index is 498. The lowest BCUT2D eigenvalue weighted by Gasteiger charge is -2.19. The van der Waals surface area contributed by atoms with E-state index < -0.39 is 0 Å². The SMILES string of the molecule is CC(C)c1c[nH]c2cc(C(C)(C)C)ccc12. The molecule has 0 aliphatic heterocycles. The molecule has 2 aromatic rings. The molecule has 1 aromatic heterocycles. The highest BCUT2D eigenvalue weighted by Crippen LogP contribution is 2.29. The van der Waals surface area contributed by atoms with Gasteiger partial charge in [-0.3, -0.25) is 0 Å². The van der Waals surface area contributed by atoms with Crippen LogP contribution in [-0.2, 0) is 5.41 Å². The predicted molar refractivity (Wildman–Crippen MR) is 71.1 cm³/mol. The van der Waals surface area contributed by atoms with Gasteiger partial charge in [-0.1, -0.05) is 46.8 Å². The summed E-state index contributed by atoms with van der Waals surface area (Å²) in [5.74, 6) is 0.578. The smallest absolute Gasteiger partial charge is 0.0459 e. The number of hydrogen-bond acceptors (Lipinski definition) is 0. The number of hydrogen-bond donors (Lipinski definition) is 1. The average molecular weight is 215 g/mol. The van der Waals surface area contributed by atoms with Gasteiger partial charge in [0.1, 0.15) is 0 Å². The van der Waals surface area contributed by atoms with Crippen molar-refractivity contribution in [2.24, 2.45) is 0 Å². The number of aromatic amines is 1. The van der Waals surface area contributed by atoms with Gasteiger partial charge >= 0.3 is 0 Å². The highest BCUT2D eigenvalue weighted by molar-refractivity contribution is 5.84. The monoisotopic (exact) mass is 215 g/mol. The highest BCUT2D eigenvalue weighted by Gasteiger charge is 2.15. The number of fused-ring (bicyclic) bond motifs is 1. The Morgan fingerprint density at radius 3 is 2.38 bits per heavy atom. The summed E-state index contributed by atoms with van der Waals surface area (Å²) >= 11 is 0. The first-order valence-corrected chi connectivity index (χ1v) is 6.01. The van der Waals surface area contributed by atoms with Crippen LogP contribution in [0.4, 0.5) is 0 Å². The van der Waals surface area contributed by atoms with Crippen LogP contribution in [0.3, 0.4) is 0 Å². The third kappa shape index (κ3) is 1.87. The van der Waals surface area contributed by atoms with Crippen molar-refractivity contribution in [1.29, 1.82) is 0 Å². The molecule has 1 heterocycles. The molecule has 0 amide bonds. The van der Waals surface area contributed by atoms with Crippen molar-refractivity contribution in [2.75, 3.05) is 0 Å². The van der Waals surface area contributed by atoms with Gasteiger partial charge in [0.25, 0.3) is 0 Å². The summed E-state index contributed by atoms with van der Waals surface area (Å²) in [5.41, 5.74) is 4.28. The minimum atomic E-state index is 0.220. The fraction of sp³-hybridized carbons (Fsp3) is 0.467. The second-order valence-electron chi connectivity index (χ2n) is 5.91. The van der Waals surface area contributed by atoms with E-state index in [-0.39, 0.29) is 5.41 Å². The van der Waals surface area contributed by atoms with E-state index in [1.165, 1.54) is 22.0 Å². The first kappa shape index (κ1) is 11.3. The van der Waals surface area contributed by atoms with Gasteiger partial charge < -0.3 is 4.98 Å². The molecule has 0 bridgehead atoms. The molecule has 0 aliphatic carbocycles. The Morgan fingerprint density at radius 2 is 1.81 bits per heavy atom. The summed E-state index contributed by atoms with van der Waals surface area (Å²) in [4.78, 5) is 3.38. The van der Waals surface area contributed by atoms with Gasteiger partial charge in [-0.05, 0) is 28.5 Å². The maximum atomic E-state index is 3.38. The van der Waals surface area contributed by atoms with Crippen LogP contribution in [0.5, 0.6) is 0 Å². The first-order chi connectivity index (χ1) is 7.39. The van der Waals surface area contributed by atoms with Crippen LogP contribution in [0, 0.1) is 0 Å². The lowest BCUT2D eigenvalue weighted by atomic mass is 9.86. The minimum Gasteiger partial charge on any atom is -0.361 e. The first-order valence-electron chi connectivity index (χ1n) is 6.01. The largest absolute Gasteiger partial charge is 0.361 e. The van der Waals surface area contributed by atoms with Gasteiger partial charge in [-0.15, -0.1) is 0 Å². The molecular weight excluding hydrogens is 194 g/mol. The van der Waals surface area contributed by atoms with E-state index in [2.05, 4.69) is 64.0 Å². The molecule has 0 atom stereocenters. The van der Waals surface area contributed by atoms with Crippen molar-refractivity contribution < 1.29 is 0 Å². The minimum absolute atomic E-state index is 0.220. The third-order valence-corrected chi connectivity index (χ3v) is 3.20. The maximum absolute atomic E-state index is 3.38. The Kier molecular flexibility index (Phi) is 2.57. The van der Waals surface area contributed by atoms with Crippen molar-refractivity contribution in [1.82, 2.24) is 4.98 Å². The summed E-state index contributed by atoms with van der Waals surface area (Å²) in [6.45, 7) is 11.2. The number of nitrogens with one attached hydrogen (secondary N) is 1. The molecule has 0 saturated carbocycles. The van der Waals surface area contributed by atoms with E-state index in [4.69, 9.17) is 0 Å². The van der Waals surface area contributed by atoms with Crippen molar-refractivity contribution in [3.05, 3.63) is 35.5 Å². The van der Waals surface area contributed by atoms with Crippen LogP contribution < -0.4 is 0 Å². The third-order valence-electron chi connectivity index (χ3n) is 3.20. The van der Waals surface area contributed by atoms with E-state index >= 15 is 0 Å². The van der Waals surface area contributed by atoms with Crippen LogP contribution in [0.2, 0.25) is 0 Å². The van der Waals surface area contributed by atoms with E-state index in [0.29, 0.717) is 5.92 Å². The summed E-state index contributed by atoms with van der Waals surface area (Å²) in [7, 11) is 0. The van der Waals surface area contributed by atoms with Gasteiger partial charge in [0.15, 0.2) is 0 Å². The molecule has 0 spiro atoms. The number of H-pyrrole nitrogens is 1. The van der Waals surface area contributed by atoms with Crippen LogP contribution >= 0.6 is 0 Å². The quantitative estimate of drug-likeness (QED) is 0.716. The molecule has 1 N–H and O–H groups in total. The summed E-state index contributed by atoms with van der Waals surface area (Å²) in [5, 5.41) is 1.36. The molecule has 1 heteroatoms. The second-order valence-corrected chi connectivity index (χ2v) is 5.91. The summed E-state index contributed by atoms with van der Waals surface area (Å²) in [6.07, 6.45) is 2.14. The molecule has 1 aromatic carbocycles. The normalized spacial score (nSPS) is 12.6.